The van der Waals surface area contributed by atoms with Crippen LogP contribution in [0.5, 0.6) is 5.75 Å². The topological polar surface area (TPSA) is 66.8 Å². The van der Waals surface area contributed by atoms with E-state index < -0.39 is 17.8 Å². The molecule has 1 amide bonds. The summed E-state index contributed by atoms with van der Waals surface area (Å²) in [6.07, 6.45) is 1.13. The van der Waals surface area contributed by atoms with Crippen molar-refractivity contribution in [1.29, 1.82) is 0 Å². The fourth-order valence-electron chi connectivity index (χ4n) is 2.14. The summed E-state index contributed by atoms with van der Waals surface area (Å²) in [5.74, 6) is -1.46. The molecule has 0 spiro atoms. The molecule has 1 aliphatic rings. The summed E-state index contributed by atoms with van der Waals surface area (Å²) in [6, 6.07) is 3.09. The summed E-state index contributed by atoms with van der Waals surface area (Å²) < 4.78 is 18.6. The zero-order chi connectivity index (χ0) is 14.7. The molecule has 1 unspecified atom stereocenters. The first-order chi connectivity index (χ1) is 9.49. The molecule has 0 aromatic heterocycles. The molecule has 1 heterocycles. The Bertz CT molecular complexity index is 537. The Balaban J connectivity index is 1.96. The van der Waals surface area contributed by atoms with Gasteiger partial charge in [-0.15, -0.1) is 0 Å². The van der Waals surface area contributed by atoms with Gasteiger partial charge in [0.1, 0.15) is 17.6 Å². The number of carboxylic acids is 1. The van der Waals surface area contributed by atoms with Gasteiger partial charge in [0.2, 0.25) is 0 Å². The summed E-state index contributed by atoms with van der Waals surface area (Å²) >= 11 is 3.13. The Hall–Kier alpha value is -1.63. The van der Waals surface area contributed by atoms with Gasteiger partial charge in [0.05, 0.1) is 4.47 Å². The molecule has 1 aromatic rings. The number of rotatable bonds is 4. The SMILES string of the molecule is O=C(O)C1CCCN1C(=O)COc1ccc(F)cc1Br. The van der Waals surface area contributed by atoms with Crippen LogP contribution in [0.4, 0.5) is 4.39 Å². The second-order valence-electron chi connectivity index (χ2n) is 4.45. The van der Waals surface area contributed by atoms with Gasteiger partial charge >= 0.3 is 5.97 Å². The van der Waals surface area contributed by atoms with E-state index in [1.54, 1.807) is 0 Å². The third kappa shape index (κ3) is 3.27. The number of hydrogen-bond donors (Lipinski definition) is 1. The highest BCUT2D eigenvalue weighted by Gasteiger charge is 2.33. The predicted molar refractivity (Wildman–Crippen MR) is 72.0 cm³/mol. The Morgan fingerprint density at radius 1 is 1.50 bits per heavy atom. The molecule has 1 atom stereocenters. The highest BCUT2D eigenvalue weighted by atomic mass is 79.9. The molecule has 0 radical (unpaired) electrons. The van der Waals surface area contributed by atoms with Crippen molar-refractivity contribution in [2.45, 2.75) is 18.9 Å². The van der Waals surface area contributed by atoms with Gasteiger partial charge in [-0.3, -0.25) is 4.79 Å². The third-order valence-corrected chi connectivity index (χ3v) is 3.72. The van der Waals surface area contributed by atoms with Gasteiger partial charge < -0.3 is 14.7 Å². The van der Waals surface area contributed by atoms with Crippen LogP contribution in [0.15, 0.2) is 22.7 Å². The molecule has 1 fully saturated rings. The Morgan fingerprint density at radius 2 is 2.25 bits per heavy atom. The molecule has 2 rings (SSSR count). The molecule has 20 heavy (non-hydrogen) atoms. The molecule has 0 saturated carbocycles. The molecular formula is C13H13BrFNO4. The van der Waals surface area contributed by atoms with E-state index in [1.165, 1.54) is 23.1 Å². The maximum absolute atomic E-state index is 12.9. The number of likely N-dealkylation sites (tertiary alicyclic amines) is 1. The van der Waals surface area contributed by atoms with Gasteiger partial charge in [-0.2, -0.15) is 0 Å². The van der Waals surface area contributed by atoms with E-state index >= 15 is 0 Å². The van der Waals surface area contributed by atoms with E-state index in [0.29, 0.717) is 29.6 Å². The lowest BCUT2D eigenvalue weighted by molar-refractivity contribution is -0.148. The second kappa shape index (κ2) is 6.21. The molecule has 1 N–H and O–H groups in total. The molecule has 0 aliphatic carbocycles. The van der Waals surface area contributed by atoms with E-state index in [1.807, 2.05) is 0 Å². The van der Waals surface area contributed by atoms with Crippen molar-refractivity contribution in [2.24, 2.45) is 0 Å². The molecule has 0 bridgehead atoms. The number of benzene rings is 1. The number of aliphatic carboxylic acids is 1. The van der Waals surface area contributed by atoms with E-state index in [4.69, 9.17) is 9.84 Å². The van der Waals surface area contributed by atoms with Gasteiger partial charge in [-0.1, -0.05) is 0 Å². The summed E-state index contributed by atoms with van der Waals surface area (Å²) in [5.41, 5.74) is 0. The molecule has 1 saturated heterocycles. The zero-order valence-corrected chi connectivity index (χ0v) is 12.1. The number of nitrogens with zero attached hydrogens (tertiary/aromatic N) is 1. The average Bonchev–Trinajstić information content (AvgIpc) is 2.86. The minimum Gasteiger partial charge on any atom is -0.483 e. The van der Waals surface area contributed by atoms with Crippen molar-refractivity contribution >= 4 is 27.8 Å². The first kappa shape index (κ1) is 14.8. The van der Waals surface area contributed by atoms with E-state index in [0.717, 1.165) is 0 Å². The maximum Gasteiger partial charge on any atom is 0.326 e. The van der Waals surface area contributed by atoms with Gasteiger partial charge in [0, 0.05) is 6.54 Å². The summed E-state index contributed by atoms with van der Waals surface area (Å²) in [6.45, 7) is 0.151. The molecule has 7 heteroatoms. The Labute approximate surface area is 123 Å². The summed E-state index contributed by atoms with van der Waals surface area (Å²) in [7, 11) is 0. The van der Waals surface area contributed by atoms with Crippen LogP contribution in [0.1, 0.15) is 12.8 Å². The van der Waals surface area contributed by atoms with Crippen LogP contribution in [0.2, 0.25) is 0 Å². The molecule has 108 valence electrons. The number of halogens is 2. The van der Waals surface area contributed by atoms with Crippen molar-refractivity contribution in [2.75, 3.05) is 13.2 Å². The number of carbonyl (C=O) groups excluding carboxylic acids is 1. The van der Waals surface area contributed by atoms with Crippen LogP contribution in [-0.4, -0.2) is 41.1 Å². The van der Waals surface area contributed by atoms with Crippen LogP contribution < -0.4 is 4.74 Å². The van der Waals surface area contributed by atoms with Gasteiger partial charge in [-0.25, -0.2) is 9.18 Å². The van der Waals surface area contributed by atoms with E-state index in [2.05, 4.69) is 15.9 Å². The van der Waals surface area contributed by atoms with Gasteiger partial charge in [-0.05, 0) is 47.0 Å². The third-order valence-electron chi connectivity index (χ3n) is 3.10. The van der Waals surface area contributed by atoms with Crippen molar-refractivity contribution in [1.82, 2.24) is 4.90 Å². The van der Waals surface area contributed by atoms with Crippen molar-refractivity contribution in [3.63, 3.8) is 0 Å². The normalized spacial score (nSPS) is 18.1. The van der Waals surface area contributed by atoms with Gasteiger partial charge in [0.15, 0.2) is 6.61 Å². The second-order valence-corrected chi connectivity index (χ2v) is 5.30. The number of hydrogen-bond acceptors (Lipinski definition) is 3. The minimum absolute atomic E-state index is 0.270. The molecular weight excluding hydrogens is 333 g/mol. The van der Waals surface area contributed by atoms with Crippen LogP contribution >= 0.6 is 15.9 Å². The van der Waals surface area contributed by atoms with Gasteiger partial charge in [0.25, 0.3) is 5.91 Å². The number of amides is 1. The largest absolute Gasteiger partial charge is 0.483 e. The smallest absolute Gasteiger partial charge is 0.326 e. The van der Waals surface area contributed by atoms with E-state index in [-0.39, 0.29) is 12.5 Å². The zero-order valence-electron chi connectivity index (χ0n) is 10.5. The molecule has 1 aromatic carbocycles. The quantitative estimate of drug-likeness (QED) is 0.906. The van der Waals surface area contributed by atoms with Crippen molar-refractivity contribution in [3.05, 3.63) is 28.5 Å². The Morgan fingerprint density at radius 3 is 2.90 bits per heavy atom. The summed E-state index contributed by atoms with van der Waals surface area (Å²) in [5, 5.41) is 9.01. The fraction of sp³-hybridized carbons (Fsp3) is 0.385. The number of ether oxygens (including phenoxy) is 1. The van der Waals surface area contributed by atoms with Crippen molar-refractivity contribution < 1.29 is 23.8 Å². The van der Waals surface area contributed by atoms with Crippen LogP contribution in [-0.2, 0) is 9.59 Å². The highest BCUT2D eigenvalue weighted by Crippen LogP contribution is 2.26. The lowest BCUT2D eigenvalue weighted by Gasteiger charge is -2.21. The lowest BCUT2D eigenvalue weighted by atomic mass is 10.2. The first-order valence-corrected chi connectivity index (χ1v) is 6.88. The first-order valence-electron chi connectivity index (χ1n) is 6.09. The standard InChI is InChI=1S/C13H13BrFNO4/c14-9-6-8(15)3-4-11(9)20-7-12(17)16-5-1-2-10(16)13(18)19/h3-4,6,10H,1-2,5,7H2,(H,18,19). The molecule has 1 aliphatic heterocycles. The minimum atomic E-state index is -1.00. The highest BCUT2D eigenvalue weighted by molar-refractivity contribution is 9.10. The Kier molecular flexibility index (Phi) is 4.59. The monoisotopic (exact) mass is 345 g/mol. The van der Waals surface area contributed by atoms with E-state index in [9.17, 15) is 14.0 Å². The van der Waals surface area contributed by atoms with Crippen molar-refractivity contribution in [3.8, 4) is 5.75 Å². The average molecular weight is 346 g/mol. The molecule has 5 nitrogen and oxygen atoms in total. The number of carbonyl (C=O) groups is 2. The lowest BCUT2D eigenvalue weighted by Crippen LogP contribution is -2.42. The maximum atomic E-state index is 12.9. The van der Waals surface area contributed by atoms with Crippen LogP contribution in [0.25, 0.3) is 0 Å². The fourth-order valence-corrected chi connectivity index (χ4v) is 2.60. The summed E-state index contributed by atoms with van der Waals surface area (Å²) in [4.78, 5) is 24.3. The van der Waals surface area contributed by atoms with Crippen LogP contribution in [0, 0.1) is 5.82 Å². The van der Waals surface area contributed by atoms with Crippen LogP contribution in [0.3, 0.4) is 0 Å². The number of carboxylic acid groups (broad SMARTS) is 1. The predicted octanol–water partition coefficient (Wildman–Crippen LogP) is 2.04.